The number of oxazole rings is 1. The van der Waals surface area contributed by atoms with E-state index >= 15 is 0 Å². The highest BCUT2D eigenvalue weighted by atomic mass is 16.4. The summed E-state index contributed by atoms with van der Waals surface area (Å²) in [5.74, 6) is 1.74. The molecule has 0 amide bonds. The molecule has 1 aromatic carbocycles. The minimum absolute atomic E-state index is 0.235. The number of nitrogens with zero attached hydrogens (tertiary/aromatic N) is 1. The van der Waals surface area contributed by atoms with Gasteiger partial charge in [0.15, 0.2) is 0 Å². The van der Waals surface area contributed by atoms with Crippen LogP contribution in [0.3, 0.4) is 0 Å². The summed E-state index contributed by atoms with van der Waals surface area (Å²) in [4.78, 5) is 4.55. The highest BCUT2D eigenvalue weighted by Crippen LogP contribution is 2.27. The average Bonchev–Trinajstić information content (AvgIpc) is 2.72. The number of aryl methyl sites for hydroxylation is 2. The lowest BCUT2D eigenvalue weighted by Crippen LogP contribution is -2.27. The zero-order valence-electron chi connectivity index (χ0n) is 9.94. The van der Waals surface area contributed by atoms with Gasteiger partial charge in [0.05, 0.1) is 5.69 Å². The fourth-order valence-electron chi connectivity index (χ4n) is 2.22. The molecule has 17 heavy (non-hydrogen) atoms. The summed E-state index contributed by atoms with van der Waals surface area (Å²) in [6.45, 7) is 2.07. The van der Waals surface area contributed by atoms with Crippen molar-refractivity contribution in [3.8, 4) is 11.5 Å². The Morgan fingerprint density at radius 1 is 1.29 bits per heavy atom. The molecule has 1 aliphatic carbocycles. The van der Waals surface area contributed by atoms with Crippen LogP contribution in [-0.2, 0) is 12.8 Å². The van der Waals surface area contributed by atoms with E-state index in [1.54, 1.807) is 0 Å². The van der Waals surface area contributed by atoms with E-state index in [1.807, 2.05) is 12.1 Å². The van der Waals surface area contributed by atoms with Gasteiger partial charge in [-0.2, -0.15) is 0 Å². The van der Waals surface area contributed by atoms with Gasteiger partial charge in [-0.05, 0) is 25.5 Å². The van der Waals surface area contributed by atoms with Gasteiger partial charge in [-0.3, -0.25) is 0 Å². The van der Waals surface area contributed by atoms with Crippen LogP contribution in [0.15, 0.2) is 28.7 Å². The second kappa shape index (κ2) is 4.00. The lowest BCUT2D eigenvalue weighted by molar-refractivity contribution is 0.463. The standard InChI is InChI=1S/C14H16N2O/c1-9-2-4-10(5-3-9)14-16-12-8-11(15)6-7-13(12)17-14/h2-5,11H,6-8,15H2,1H3. The van der Waals surface area contributed by atoms with Crippen LogP contribution in [0, 0.1) is 6.92 Å². The molecule has 0 aliphatic heterocycles. The van der Waals surface area contributed by atoms with Crippen LogP contribution in [0.1, 0.15) is 23.4 Å². The van der Waals surface area contributed by atoms with Gasteiger partial charge in [-0.25, -0.2) is 4.98 Å². The third kappa shape index (κ3) is 1.98. The number of aromatic nitrogens is 1. The van der Waals surface area contributed by atoms with Crippen molar-refractivity contribution in [2.24, 2.45) is 5.73 Å². The van der Waals surface area contributed by atoms with Gasteiger partial charge < -0.3 is 10.2 Å². The second-order valence-corrected chi connectivity index (χ2v) is 4.76. The monoisotopic (exact) mass is 228 g/mol. The van der Waals surface area contributed by atoms with Crippen molar-refractivity contribution in [1.29, 1.82) is 0 Å². The molecule has 0 saturated heterocycles. The summed E-state index contributed by atoms with van der Waals surface area (Å²) in [7, 11) is 0. The van der Waals surface area contributed by atoms with Crippen LogP contribution in [0.25, 0.3) is 11.5 Å². The Morgan fingerprint density at radius 2 is 2.06 bits per heavy atom. The van der Waals surface area contributed by atoms with Gasteiger partial charge >= 0.3 is 0 Å². The Balaban J connectivity index is 1.97. The number of rotatable bonds is 1. The highest BCUT2D eigenvalue weighted by molar-refractivity contribution is 5.54. The topological polar surface area (TPSA) is 52.0 Å². The minimum atomic E-state index is 0.235. The lowest BCUT2D eigenvalue weighted by atomic mass is 9.98. The quantitative estimate of drug-likeness (QED) is 0.815. The largest absolute Gasteiger partial charge is 0.441 e. The van der Waals surface area contributed by atoms with Gasteiger partial charge in [0.2, 0.25) is 5.89 Å². The summed E-state index contributed by atoms with van der Waals surface area (Å²) in [5.41, 5.74) is 9.26. The Bertz CT molecular complexity index is 528. The summed E-state index contributed by atoms with van der Waals surface area (Å²) >= 11 is 0. The molecule has 2 aromatic rings. The van der Waals surface area contributed by atoms with Crippen molar-refractivity contribution >= 4 is 0 Å². The normalized spacial score (nSPS) is 19.1. The Labute approximate surface area is 101 Å². The zero-order valence-corrected chi connectivity index (χ0v) is 9.94. The van der Waals surface area contributed by atoms with Gasteiger partial charge in [0.1, 0.15) is 5.76 Å². The highest BCUT2D eigenvalue weighted by Gasteiger charge is 2.21. The number of nitrogens with two attached hydrogens (primary N) is 1. The molecule has 2 N–H and O–H groups in total. The molecule has 88 valence electrons. The van der Waals surface area contributed by atoms with E-state index < -0.39 is 0 Å². The molecule has 1 unspecified atom stereocenters. The van der Waals surface area contributed by atoms with E-state index in [1.165, 1.54) is 5.56 Å². The molecule has 3 heteroatoms. The van der Waals surface area contributed by atoms with Crippen LogP contribution in [-0.4, -0.2) is 11.0 Å². The number of hydrogen-bond acceptors (Lipinski definition) is 3. The van der Waals surface area contributed by atoms with Crippen molar-refractivity contribution in [3.63, 3.8) is 0 Å². The molecular weight excluding hydrogens is 212 g/mol. The van der Waals surface area contributed by atoms with Crippen molar-refractivity contribution in [2.75, 3.05) is 0 Å². The summed E-state index contributed by atoms with van der Waals surface area (Å²) in [6, 6.07) is 8.48. The van der Waals surface area contributed by atoms with E-state index in [0.717, 1.165) is 42.2 Å². The Morgan fingerprint density at radius 3 is 2.82 bits per heavy atom. The predicted molar refractivity (Wildman–Crippen MR) is 66.7 cm³/mol. The molecule has 0 radical (unpaired) electrons. The van der Waals surface area contributed by atoms with Crippen molar-refractivity contribution in [2.45, 2.75) is 32.2 Å². The molecule has 0 spiro atoms. The van der Waals surface area contributed by atoms with Gasteiger partial charge in [-0.15, -0.1) is 0 Å². The molecule has 1 heterocycles. The number of hydrogen-bond donors (Lipinski definition) is 1. The maximum Gasteiger partial charge on any atom is 0.226 e. The van der Waals surface area contributed by atoms with Crippen LogP contribution in [0.4, 0.5) is 0 Å². The molecule has 3 rings (SSSR count). The van der Waals surface area contributed by atoms with Crippen molar-refractivity contribution in [1.82, 2.24) is 4.98 Å². The molecular formula is C14H16N2O. The first-order chi connectivity index (χ1) is 8.22. The van der Waals surface area contributed by atoms with Gasteiger partial charge in [0.25, 0.3) is 0 Å². The zero-order chi connectivity index (χ0) is 11.8. The number of fused-ring (bicyclic) bond motifs is 1. The molecule has 1 aliphatic rings. The van der Waals surface area contributed by atoms with Gasteiger partial charge in [0, 0.05) is 24.4 Å². The van der Waals surface area contributed by atoms with E-state index in [-0.39, 0.29) is 6.04 Å². The minimum Gasteiger partial charge on any atom is -0.441 e. The SMILES string of the molecule is Cc1ccc(-c2nc3c(o2)CCC(N)C3)cc1. The first-order valence-corrected chi connectivity index (χ1v) is 6.03. The summed E-state index contributed by atoms with van der Waals surface area (Å²) in [6.07, 6.45) is 2.75. The smallest absolute Gasteiger partial charge is 0.226 e. The van der Waals surface area contributed by atoms with Crippen LogP contribution < -0.4 is 5.73 Å². The lowest BCUT2D eigenvalue weighted by Gasteiger charge is -2.14. The van der Waals surface area contributed by atoms with Crippen LogP contribution in [0.5, 0.6) is 0 Å². The van der Waals surface area contributed by atoms with E-state index in [9.17, 15) is 0 Å². The first-order valence-electron chi connectivity index (χ1n) is 6.03. The summed E-state index contributed by atoms with van der Waals surface area (Å²) < 4.78 is 5.81. The molecule has 0 saturated carbocycles. The van der Waals surface area contributed by atoms with Crippen molar-refractivity contribution in [3.05, 3.63) is 41.3 Å². The average molecular weight is 228 g/mol. The fraction of sp³-hybridized carbons (Fsp3) is 0.357. The molecule has 0 bridgehead atoms. The predicted octanol–water partition coefficient (Wildman–Crippen LogP) is 2.47. The Hall–Kier alpha value is -1.61. The maximum absolute atomic E-state index is 5.94. The van der Waals surface area contributed by atoms with Crippen molar-refractivity contribution < 1.29 is 4.42 Å². The molecule has 1 aromatic heterocycles. The maximum atomic E-state index is 5.94. The molecule has 0 fully saturated rings. The van der Waals surface area contributed by atoms with Gasteiger partial charge in [-0.1, -0.05) is 17.7 Å². The molecule has 1 atom stereocenters. The fourth-order valence-corrected chi connectivity index (χ4v) is 2.22. The first kappa shape index (κ1) is 10.5. The molecule has 3 nitrogen and oxygen atoms in total. The van der Waals surface area contributed by atoms with E-state index in [2.05, 4.69) is 24.0 Å². The summed E-state index contributed by atoms with van der Waals surface area (Å²) in [5, 5.41) is 0. The van der Waals surface area contributed by atoms with E-state index in [0.29, 0.717) is 0 Å². The van der Waals surface area contributed by atoms with Crippen LogP contribution >= 0.6 is 0 Å². The Kier molecular flexibility index (Phi) is 2.48. The third-order valence-electron chi connectivity index (χ3n) is 3.27. The second-order valence-electron chi connectivity index (χ2n) is 4.76. The van der Waals surface area contributed by atoms with E-state index in [4.69, 9.17) is 10.2 Å². The number of benzene rings is 1. The van der Waals surface area contributed by atoms with Crippen LogP contribution in [0.2, 0.25) is 0 Å². The third-order valence-corrected chi connectivity index (χ3v) is 3.27.